The standard InChI is InChI=1S/C13H25NO3/c1-10-8-14(9-11(10)6-5-7-15)12(16)17-13(2,3)4/h10-11,15H,5-9H2,1-4H3/t10-,11-/m1/s1. The van der Waals surface area contributed by atoms with Crippen molar-refractivity contribution in [3.63, 3.8) is 0 Å². The second-order valence-corrected chi connectivity index (χ2v) is 5.99. The minimum Gasteiger partial charge on any atom is -0.444 e. The van der Waals surface area contributed by atoms with Crippen LogP contribution in [-0.2, 0) is 4.74 Å². The molecule has 0 spiro atoms. The van der Waals surface area contributed by atoms with E-state index in [-0.39, 0.29) is 12.7 Å². The fourth-order valence-corrected chi connectivity index (χ4v) is 2.24. The van der Waals surface area contributed by atoms with Gasteiger partial charge in [-0.2, -0.15) is 0 Å². The first-order valence-corrected chi connectivity index (χ1v) is 6.42. The summed E-state index contributed by atoms with van der Waals surface area (Å²) in [5.41, 5.74) is -0.427. The molecule has 2 atom stereocenters. The van der Waals surface area contributed by atoms with Gasteiger partial charge in [-0.05, 0) is 45.4 Å². The van der Waals surface area contributed by atoms with Gasteiger partial charge in [-0.3, -0.25) is 0 Å². The highest BCUT2D eigenvalue weighted by Crippen LogP contribution is 2.27. The van der Waals surface area contributed by atoms with Gasteiger partial charge in [-0.15, -0.1) is 0 Å². The zero-order valence-corrected chi connectivity index (χ0v) is 11.4. The summed E-state index contributed by atoms with van der Waals surface area (Å²) in [6.45, 7) is 9.57. The first-order chi connectivity index (χ1) is 7.83. The van der Waals surface area contributed by atoms with Crippen LogP contribution in [0.3, 0.4) is 0 Å². The molecule has 0 aliphatic carbocycles. The third-order valence-electron chi connectivity index (χ3n) is 3.15. The number of carbonyl (C=O) groups is 1. The number of rotatable bonds is 3. The van der Waals surface area contributed by atoms with Gasteiger partial charge in [0.1, 0.15) is 5.60 Å². The van der Waals surface area contributed by atoms with E-state index in [1.807, 2.05) is 20.8 Å². The number of aliphatic hydroxyl groups is 1. The van der Waals surface area contributed by atoms with Crippen LogP contribution in [0.4, 0.5) is 4.79 Å². The number of nitrogens with zero attached hydrogens (tertiary/aromatic N) is 1. The normalized spacial score (nSPS) is 25.1. The number of aliphatic hydroxyl groups excluding tert-OH is 1. The van der Waals surface area contributed by atoms with E-state index in [1.165, 1.54) is 0 Å². The second kappa shape index (κ2) is 5.71. The quantitative estimate of drug-likeness (QED) is 0.827. The Balaban J connectivity index is 2.45. The molecule has 4 nitrogen and oxygen atoms in total. The van der Waals surface area contributed by atoms with Crippen LogP contribution in [0.2, 0.25) is 0 Å². The van der Waals surface area contributed by atoms with Crippen molar-refractivity contribution in [2.45, 2.75) is 46.1 Å². The molecule has 0 aromatic rings. The van der Waals surface area contributed by atoms with E-state index in [2.05, 4.69) is 6.92 Å². The predicted molar refractivity (Wildman–Crippen MR) is 66.8 cm³/mol. The Kier molecular flexibility index (Phi) is 4.80. The van der Waals surface area contributed by atoms with Crippen LogP contribution in [0.1, 0.15) is 40.5 Å². The lowest BCUT2D eigenvalue weighted by atomic mass is 9.93. The van der Waals surface area contributed by atoms with Crippen LogP contribution in [0.25, 0.3) is 0 Å². The molecule has 1 amide bonds. The Morgan fingerprint density at radius 3 is 2.59 bits per heavy atom. The molecule has 0 aromatic carbocycles. The van der Waals surface area contributed by atoms with Gasteiger partial charge in [-0.1, -0.05) is 6.92 Å². The summed E-state index contributed by atoms with van der Waals surface area (Å²) in [7, 11) is 0. The molecule has 1 aliphatic rings. The molecule has 0 bridgehead atoms. The molecular weight excluding hydrogens is 218 g/mol. The average molecular weight is 243 g/mol. The van der Waals surface area contributed by atoms with Crippen LogP contribution in [0.15, 0.2) is 0 Å². The topological polar surface area (TPSA) is 49.8 Å². The Bertz CT molecular complexity index is 260. The van der Waals surface area contributed by atoms with Gasteiger partial charge < -0.3 is 14.7 Å². The number of hydrogen-bond donors (Lipinski definition) is 1. The lowest BCUT2D eigenvalue weighted by molar-refractivity contribution is 0.0284. The van der Waals surface area contributed by atoms with Gasteiger partial charge in [0.15, 0.2) is 0 Å². The molecule has 1 saturated heterocycles. The maximum atomic E-state index is 11.9. The third-order valence-corrected chi connectivity index (χ3v) is 3.15. The van der Waals surface area contributed by atoms with Crippen LogP contribution >= 0.6 is 0 Å². The van der Waals surface area contributed by atoms with E-state index in [0.29, 0.717) is 11.8 Å². The summed E-state index contributed by atoms with van der Waals surface area (Å²) < 4.78 is 5.36. The lowest BCUT2D eigenvalue weighted by Gasteiger charge is -2.24. The molecule has 0 aromatic heterocycles. The molecule has 0 radical (unpaired) electrons. The summed E-state index contributed by atoms with van der Waals surface area (Å²) >= 11 is 0. The van der Waals surface area contributed by atoms with E-state index < -0.39 is 5.60 Å². The summed E-state index contributed by atoms with van der Waals surface area (Å²) in [6.07, 6.45) is 1.59. The number of hydrogen-bond acceptors (Lipinski definition) is 3. The fourth-order valence-electron chi connectivity index (χ4n) is 2.24. The van der Waals surface area contributed by atoms with Crippen molar-refractivity contribution in [3.8, 4) is 0 Å². The van der Waals surface area contributed by atoms with Gasteiger partial charge in [-0.25, -0.2) is 4.79 Å². The highest BCUT2D eigenvalue weighted by molar-refractivity contribution is 5.68. The van der Waals surface area contributed by atoms with Crippen LogP contribution in [0.5, 0.6) is 0 Å². The van der Waals surface area contributed by atoms with E-state index in [1.54, 1.807) is 4.90 Å². The van der Waals surface area contributed by atoms with Crippen molar-refractivity contribution in [2.24, 2.45) is 11.8 Å². The third kappa shape index (κ3) is 4.54. The molecule has 4 heteroatoms. The van der Waals surface area contributed by atoms with Crippen molar-refractivity contribution in [1.82, 2.24) is 4.90 Å². The zero-order chi connectivity index (χ0) is 13.1. The molecule has 1 fully saturated rings. The molecule has 17 heavy (non-hydrogen) atoms. The zero-order valence-electron chi connectivity index (χ0n) is 11.4. The van der Waals surface area contributed by atoms with Crippen molar-refractivity contribution >= 4 is 6.09 Å². The molecular formula is C13H25NO3. The number of amides is 1. The number of ether oxygens (including phenoxy) is 1. The Morgan fingerprint density at radius 2 is 2.06 bits per heavy atom. The highest BCUT2D eigenvalue weighted by atomic mass is 16.6. The Morgan fingerprint density at radius 1 is 1.41 bits per heavy atom. The van der Waals surface area contributed by atoms with Crippen molar-refractivity contribution in [3.05, 3.63) is 0 Å². The van der Waals surface area contributed by atoms with Crippen LogP contribution in [0, 0.1) is 11.8 Å². The highest BCUT2D eigenvalue weighted by Gasteiger charge is 2.34. The van der Waals surface area contributed by atoms with E-state index in [9.17, 15) is 4.79 Å². The largest absolute Gasteiger partial charge is 0.444 e. The molecule has 1 N–H and O–H groups in total. The van der Waals surface area contributed by atoms with Crippen molar-refractivity contribution in [1.29, 1.82) is 0 Å². The van der Waals surface area contributed by atoms with Gasteiger partial charge in [0.2, 0.25) is 0 Å². The number of carbonyl (C=O) groups excluding carboxylic acids is 1. The summed E-state index contributed by atoms with van der Waals surface area (Å²) in [4.78, 5) is 13.7. The van der Waals surface area contributed by atoms with E-state index in [0.717, 1.165) is 25.9 Å². The first kappa shape index (κ1) is 14.3. The molecule has 1 aliphatic heterocycles. The van der Waals surface area contributed by atoms with Crippen LogP contribution in [-0.4, -0.2) is 41.4 Å². The minimum absolute atomic E-state index is 0.212. The fraction of sp³-hybridized carbons (Fsp3) is 0.923. The first-order valence-electron chi connectivity index (χ1n) is 6.42. The van der Waals surface area contributed by atoms with E-state index in [4.69, 9.17) is 9.84 Å². The second-order valence-electron chi connectivity index (χ2n) is 5.99. The molecule has 1 rings (SSSR count). The SMILES string of the molecule is C[C@@H]1CN(C(=O)OC(C)(C)C)C[C@H]1CCCO. The smallest absolute Gasteiger partial charge is 0.410 e. The summed E-state index contributed by atoms with van der Waals surface area (Å²) in [6, 6.07) is 0. The monoisotopic (exact) mass is 243 g/mol. The van der Waals surface area contributed by atoms with Crippen LogP contribution < -0.4 is 0 Å². The average Bonchev–Trinajstić information content (AvgIpc) is 2.54. The van der Waals surface area contributed by atoms with Crippen molar-refractivity contribution in [2.75, 3.05) is 19.7 Å². The predicted octanol–water partition coefficient (Wildman–Crippen LogP) is 2.26. The Labute approximate surface area is 104 Å². The number of likely N-dealkylation sites (tertiary alicyclic amines) is 1. The summed E-state index contributed by atoms with van der Waals surface area (Å²) in [5.74, 6) is 0.990. The van der Waals surface area contributed by atoms with Gasteiger partial charge in [0, 0.05) is 19.7 Å². The summed E-state index contributed by atoms with van der Waals surface area (Å²) in [5, 5.41) is 8.84. The lowest BCUT2D eigenvalue weighted by Crippen LogP contribution is -2.35. The molecule has 1 heterocycles. The maximum Gasteiger partial charge on any atom is 0.410 e. The van der Waals surface area contributed by atoms with Gasteiger partial charge in [0.25, 0.3) is 0 Å². The van der Waals surface area contributed by atoms with Gasteiger partial charge in [0.05, 0.1) is 0 Å². The van der Waals surface area contributed by atoms with Gasteiger partial charge >= 0.3 is 6.09 Å². The molecule has 0 saturated carbocycles. The van der Waals surface area contributed by atoms with Crippen molar-refractivity contribution < 1.29 is 14.6 Å². The molecule has 100 valence electrons. The Hall–Kier alpha value is -0.770. The molecule has 0 unspecified atom stereocenters. The van der Waals surface area contributed by atoms with E-state index >= 15 is 0 Å². The minimum atomic E-state index is -0.427. The maximum absolute atomic E-state index is 11.9.